The first kappa shape index (κ1) is 16.0. The average molecular weight is 295 g/mol. The Bertz CT molecular complexity index is 618. The second-order valence-corrected chi connectivity index (χ2v) is 5.72. The predicted octanol–water partition coefficient (Wildman–Crippen LogP) is 2.19. The van der Waals surface area contributed by atoms with Crippen LogP contribution in [0.2, 0.25) is 0 Å². The Morgan fingerprint density at radius 1 is 1.35 bits per heavy atom. The van der Waals surface area contributed by atoms with E-state index in [9.17, 15) is 13.2 Å². The zero-order valence-corrected chi connectivity index (χ0v) is 12.2. The lowest BCUT2D eigenvalue weighted by atomic mass is 10.2. The average Bonchev–Trinajstić information content (AvgIpc) is 2.33. The number of hydrogen-bond donors (Lipinski definition) is 1. The Hall–Kier alpha value is -2.08. The molecule has 0 fully saturated rings. The van der Waals surface area contributed by atoms with Crippen molar-refractivity contribution in [3.05, 3.63) is 48.1 Å². The molecule has 1 aromatic rings. The van der Waals surface area contributed by atoms with Crippen molar-refractivity contribution in [2.24, 2.45) is 0 Å². The Kier molecular flexibility index (Phi) is 5.99. The zero-order chi connectivity index (χ0) is 15.0. The summed E-state index contributed by atoms with van der Waals surface area (Å²) in [4.78, 5) is 11.0. The number of benzene rings is 1. The van der Waals surface area contributed by atoms with Gasteiger partial charge in [0.1, 0.15) is 0 Å². The van der Waals surface area contributed by atoms with Gasteiger partial charge in [0.15, 0.2) is 0 Å². The van der Waals surface area contributed by atoms with Crippen LogP contribution in [-0.2, 0) is 19.6 Å². The van der Waals surface area contributed by atoms with E-state index < -0.39 is 16.0 Å². The van der Waals surface area contributed by atoms with E-state index in [1.807, 2.05) is 6.07 Å². The van der Waals surface area contributed by atoms with Crippen LogP contribution >= 0.6 is 0 Å². The Balaban J connectivity index is 2.69. The summed E-state index contributed by atoms with van der Waals surface area (Å²) in [6, 6.07) is 6.91. The molecule has 1 rings (SSSR count). The number of rotatable bonds is 6. The van der Waals surface area contributed by atoms with E-state index in [4.69, 9.17) is 4.74 Å². The monoisotopic (exact) mass is 295 g/mol. The zero-order valence-electron chi connectivity index (χ0n) is 11.4. The van der Waals surface area contributed by atoms with Crippen molar-refractivity contribution >= 4 is 27.8 Å². The number of ether oxygens (including phenoxy) is 1. The predicted molar refractivity (Wildman–Crippen MR) is 79.7 cm³/mol. The van der Waals surface area contributed by atoms with Crippen LogP contribution in [-0.4, -0.2) is 27.2 Å². The first-order valence-electron chi connectivity index (χ1n) is 6.00. The molecule has 20 heavy (non-hydrogen) atoms. The van der Waals surface area contributed by atoms with E-state index in [1.165, 1.54) is 6.08 Å². The van der Waals surface area contributed by atoms with Crippen LogP contribution in [0, 0.1) is 0 Å². The second-order valence-electron chi connectivity index (χ2n) is 3.97. The maximum Gasteiger partial charge on any atom is 0.330 e. The summed E-state index contributed by atoms with van der Waals surface area (Å²) in [6.45, 7) is 2.08. The topological polar surface area (TPSA) is 72.5 Å². The maximum atomic E-state index is 11.1. The first-order valence-corrected chi connectivity index (χ1v) is 7.89. The molecule has 0 aliphatic rings. The van der Waals surface area contributed by atoms with Crippen LogP contribution in [0.1, 0.15) is 12.5 Å². The van der Waals surface area contributed by atoms with Gasteiger partial charge in [-0.2, -0.15) is 0 Å². The summed E-state index contributed by atoms with van der Waals surface area (Å²) in [5.74, 6) is -0.398. The van der Waals surface area contributed by atoms with Crippen LogP contribution in [0.3, 0.4) is 0 Å². The highest BCUT2D eigenvalue weighted by Crippen LogP contribution is 2.13. The van der Waals surface area contributed by atoms with E-state index in [1.54, 1.807) is 43.4 Å². The van der Waals surface area contributed by atoms with Crippen molar-refractivity contribution in [1.82, 2.24) is 0 Å². The van der Waals surface area contributed by atoms with Crippen LogP contribution in [0.15, 0.2) is 42.5 Å². The van der Waals surface area contributed by atoms with Gasteiger partial charge in [-0.25, -0.2) is 13.2 Å². The number of allylic oxidation sites excluding steroid dienone is 2. The van der Waals surface area contributed by atoms with Crippen LogP contribution in [0.4, 0.5) is 5.69 Å². The third-order valence-corrected chi connectivity index (χ3v) is 2.72. The normalized spacial score (nSPS) is 11.9. The number of carbonyl (C=O) groups excluding carboxylic acids is 1. The van der Waals surface area contributed by atoms with Crippen molar-refractivity contribution in [3.8, 4) is 0 Å². The third-order valence-electron chi connectivity index (χ3n) is 2.11. The number of esters is 1. The molecule has 0 unspecified atom stereocenters. The molecule has 0 saturated heterocycles. The van der Waals surface area contributed by atoms with Gasteiger partial charge in [0.2, 0.25) is 10.0 Å². The highest BCUT2D eigenvalue weighted by Gasteiger charge is 2.00. The number of anilines is 1. The van der Waals surface area contributed by atoms with Gasteiger partial charge in [-0.3, -0.25) is 4.72 Å². The van der Waals surface area contributed by atoms with Crippen molar-refractivity contribution in [3.63, 3.8) is 0 Å². The van der Waals surface area contributed by atoms with Gasteiger partial charge in [-0.1, -0.05) is 30.4 Å². The Labute approximate surface area is 119 Å². The van der Waals surface area contributed by atoms with Gasteiger partial charge in [0.05, 0.1) is 12.9 Å². The van der Waals surface area contributed by atoms with E-state index in [2.05, 4.69) is 4.72 Å². The number of nitrogens with one attached hydrogen (secondary N) is 1. The van der Waals surface area contributed by atoms with Crippen molar-refractivity contribution in [2.45, 2.75) is 6.92 Å². The number of hydrogen-bond acceptors (Lipinski definition) is 4. The molecule has 0 aliphatic carbocycles. The minimum atomic E-state index is -3.29. The lowest BCUT2D eigenvalue weighted by molar-refractivity contribution is -0.137. The highest BCUT2D eigenvalue weighted by molar-refractivity contribution is 7.92. The van der Waals surface area contributed by atoms with Gasteiger partial charge in [-0.15, -0.1) is 0 Å². The first-order chi connectivity index (χ1) is 9.40. The molecule has 1 aromatic carbocycles. The molecule has 0 bridgehead atoms. The second kappa shape index (κ2) is 7.49. The third kappa shape index (κ3) is 6.75. The SMILES string of the molecule is CCOC(=O)/C=C/C=C\c1cccc(NS(C)(=O)=O)c1. The molecule has 0 atom stereocenters. The summed E-state index contributed by atoms with van der Waals surface area (Å²) in [5, 5.41) is 0. The fraction of sp³-hybridized carbons (Fsp3) is 0.214. The highest BCUT2D eigenvalue weighted by atomic mass is 32.2. The fourth-order valence-corrected chi connectivity index (χ4v) is 1.97. The van der Waals surface area contributed by atoms with Crippen LogP contribution in [0.5, 0.6) is 0 Å². The summed E-state index contributed by atoms with van der Waals surface area (Å²) >= 11 is 0. The smallest absolute Gasteiger partial charge is 0.330 e. The molecule has 0 radical (unpaired) electrons. The minimum Gasteiger partial charge on any atom is -0.463 e. The molecule has 0 aromatic heterocycles. The maximum absolute atomic E-state index is 11.1. The molecular formula is C14H17NO4S. The Morgan fingerprint density at radius 2 is 2.10 bits per heavy atom. The van der Waals surface area contributed by atoms with Gasteiger partial charge in [0, 0.05) is 11.8 Å². The van der Waals surface area contributed by atoms with Gasteiger partial charge < -0.3 is 4.74 Å². The lowest BCUT2D eigenvalue weighted by Gasteiger charge is -2.03. The molecule has 108 valence electrons. The van der Waals surface area contributed by atoms with E-state index in [-0.39, 0.29) is 0 Å². The molecule has 0 heterocycles. The van der Waals surface area contributed by atoms with E-state index in [0.717, 1.165) is 11.8 Å². The summed E-state index contributed by atoms with van der Waals surface area (Å²) < 4.78 is 29.4. The van der Waals surface area contributed by atoms with E-state index >= 15 is 0 Å². The summed E-state index contributed by atoms with van der Waals surface area (Å²) in [6.07, 6.45) is 7.41. The van der Waals surface area contributed by atoms with Gasteiger partial charge >= 0.3 is 5.97 Å². The largest absolute Gasteiger partial charge is 0.463 e. The molecule has 0 amide bonds. The summed E-state index contributed by atoms with van der Waals surface area (Å²) in [7, 11) is -3.29. The fourth-order valence-electron chi connectivity index (χ4n) is 1.41. The van der Waals surface area contributed by atoms with Crippen molar-refractivity contribution in [1.29, 1.82) is 0 Å². The van der Waals surface area contributed by atoms with Crippen LogP contribution in [0.25, 0.3) is 6.08 Å². The van der Waals surface area contributed by atoms with Crippen LogP contribution < -0.4 is 4.72 Å². The van der Waals surface area contributed by atoms with Crippen molar-refractivity contribution < 1.29 is 17.9 Å². The standard InChI is InChI=1S/C14H17NO4S/c1-3-19-14(16)10-5-4-7-12-8-6-9-13(11-12)15-20(2,17)18/h4-11,15H,3H2,1-2H3/b7-4-,10-5+. The number of sulfonamides is 1. The molecule has 1 N–H and O–H groups in total. The van der Waals surface area contributed by atoms with Gasteiger partial charge in [-0.05, 0) is 24.6 Å². The minimum absolute atomic E-state index is 0.339. The van der Waals surface area contributed by atoms with Crippen molar-refractivity contribution in [2.75, 3.05) is 17.6 Å². The quantitative estimate of drug-likeness (QED) is 0.496. The lowest BCUT2D eigenvalue weighted by Crippen LogP contribution is -2.09. The number of carbonyl (C=O) groups is 1. The summed E-state index contributed by atoms with van der Waals surface area (Å²) in [5.41, 5.74) is 1.30. The molecule has 0 spiro atoms. The Morgan fingerprint density at radius 3 is 2.75 bits per heavy atom. The molecule has 5 nitrogen and oxygen atoms in total. The van der Waals surface area contributed by atoms with E-state index in [0.29, 0.717) is 12.3 Å². The molecular weight excluding hydrogens is 278 g/mol. The molecule has 0 saturated carbocycles. The molecule has 6 heteroatoms. The van der Waals surface area contributed by atoms with Gasteiger partial charge in [0.25, 0.3) is 0 Å². The molecule has 0 aliphatic heterocycles.